The predicted octanol–water partition coefficient (Wildman–Crippen LogP) is 19.1. The van der Waals surface area contributed by atoms with Gasteiger partial charge in [-0.1, -0.05) is 231 Å². The summed E-state index contributed by atoms with van der Waals surface area (Å²) < 4.78 is 0. The van der Waals surface area contributed by atoms with Crippen LogP contribution in [0.5, 0.6) is 0 Å². The van der Waals surface area contributed by atoms with E-state index in [-0.39, 0.29) is 0 Å². The molecule has 74 heavy (non-hydrogen) atoms. The second-order valence-corrected chi connectivity index (χ2v) is 19.4. The number of rotatable bonds is 6. The summed E-state index contributed by atoms with van der Waals surface area (Å²) in [5, 5.41) is 18.3. The van der Waals surface area contributed by atoms with E-state index in [1.165, 1.54) is 64.6 Å². The van der Waals surface area contributed by atoms with Gasteiger partial charge in [0.2, 0.25) is 0 Å². The highest BCUT2D eigenvalue weighted by Crippen LogP contribution is 2.44. The van der Waals surface area contributed by atoms with Gasteiger partial charge in [-0.3, -0.25) is 0 Å². The second kappa shape index (κ2) is 16.9. The zero-order valence-corrected chi connectivity index (χ0v) is 40.2. The lowest BCUT2D eigenvalue weighted by Gasteiger charge is -2.17. The number of fused-ring (bicyclic) bond motifs is 15. The first-order valence-corrected chi connectivity index (χ1v) is 25.3. The SMILES string of the molecule is c1ccc(-c2cc(-c3ccccc3)nc(-c3ccc(-c4cc5c(-c6ccc7c8ccccc8c8ccccc8c7c6)cc(-c6ccc7c8ccccc8c8ccccc8c7c6)nc5c5ccccc45)cc3)n2)cc1. The van der Waals surface area contributed by atoms with E-state index in [9.17, 15) is 0 Å². The summed E-state index contributed by atoms with van der Waals surface area (Å²) in [6.07, 6.45) is 0. The Morgan fingerprint density at radius 2 is 0.527 bits per heavy atom. The Hall–Kier alpha value is -9.83. The number of nitrogens with zero attached hydrogens (tertiary/aromatic N) is 3. The first kappa shape index (κ1) is 41.9. The van der Waals surface area contributed by atoms with E-state index in [4.69, 9.17) is 15.0 Å². The van der Waals surface area contributed by atoms with E-state index in [1.54, 1.807) is 0 Å². The highest BCUT2D eigenvalue weighted by molar-refractivity contribution is 6.27. The van der Waals surface area contributed by atoms with Crippen LogP contribution in [0.2, 0.25) is 0 Å². The number of hydrogen-bond donors (Lipinski definition) is 0. The zero-order valence-electron chi connectivity index (χ0n) is 40.2. The largest absolute Gasteiger partial charge is 0.247 e. The Balaban J connectivity index is 0.956. The van der Waals surface area contributed by atoms with E-state index in [0.29, 0.717) is 5.82 Å². The van der Waals surface area contributed by atoms with Gasteiger partial charge < -0.3 is 0 Å². The highest BCUT2D eigenvalue weighted by Gasteiger charge is 2.20. The normalized spacial score (nSPS) is 11.8. The summed E-state index contributed by atoms with van der Waals surface area (Å²) in [4.78, 5) is 16.0. The third-order valence-corrected chi connectivity index (χ3v) is 15.2. The monoisotopic (exact) mass is 937 g/mol. The molecule has 2 heterocycles. The Morgan fingerprint density at radius 1 is 0.176 bits per heavy atom. The molecule has 0 aliphatic rings. The average molecular weight is 938 g/mol. The van der Waals surface area contributed by atoms with Gasteiger partial charge in [-0.25, -0.2) is 15.0 Å². The van der Waals surface area contributed by atoms with E-state index < -0.39 is 0 Å². The lowest BCUT2D eigenvalue weighted by molar-refractivity contribution is 1.18. The molecule has 2 aromatic heterocycles. The molecule has 15 rings (SSSR count). The van der Waals surface area contributed by atoms with Crippen LogP contribution in [0.1, 0.15) is 0 Å². The first-order valence-electron chi connectivity index (χ1n) is 25.3. The van der Waals surface area contributed by atoms with Crippen LogP contribution in [0, 0.1) is 0 Å². The highest BCUT2D eigenvalue weighted by atomic mass is 14.9. The van der Waals surface area contributed by atoms with Crippen LogP contribution in [0.25, 0.3) is 154 Å². The van der Waals surface area contributed by atoms with Crippen molar-refractivity contribution in [3.63, 3.8) is 0 Å². The van der Waals surface area contributed by atoms with Gasteiger partial charge in [0.1, 0.15) is 0 Å². The number of benzene rings is 13. The van der Waals surface area contributed by atoms with Crippen LogP contribution in [0.3, 0.4) is 0 Å². The van der Waals surface area contributed by atoms with Gasteiger partial charge in [0.25, 0.3) is 0 Å². The fourth-order valence-corrected chi connectivity index (χ4v) is 11.7. The molecule has 13 aromatic carbocycles. The maximum atomic E-state index is 5.70. The number of hydrogen-bond acceptors (Lipinski definition) is 3. The first-order chi connectivity index (χ1) is 36.7. The third-order valence-electron chi connectivity index (χ3n) is 15.2. The minimum Gasteiger partial charge on any atom is -0.247 e. The predicted molar refractivity (Wildman–Crippen MR) is 312 cm³/mol. The zero-order chi connectivity index (χ0) is 48.7. The van der Waals surface area contributed by atoms with Crippen LogP contribution in [0.15, 0.2) is 261 Å². The lowest BCUT2D eigenvalue weighted by atomic mass is 9.88. The molecular weight excluding hydrogens is 895 g/mol. The molecule has 0 N–H and O–H groups in total. The summed E-state index contributed by atoms with van der Waals surface area (Å²) in [5.41, 5.74) is 12.3. The third kappa shape index (κ3) is 6.78. The molecule has 3 nitrogen and oxygen atoms in total. The average Bonchev–Trinajstić information content (AvgIpc) is 3.49. The van der Waals surface area contributed by atoms with Crippen molar-refractivity contribution in [3.05, 3.63) is 261 Å². The summed E-state index contributed by atoms with van der Waals surface area (Å²) in [5.74, 6) is 0.686. The second-order valence-electron chi connectivity index (χ2n) is 19.4. The molecular formula is C71H43N3. The van der Waals surface area contributed by atoms with Gasteiger partial charge >= 0.3 is 0 Å². The Bertz CT molecular complexity index is 4630. The van der Waals surface area contributed by atoms with Crippen LogP contribution < -0.4 is 0 Å². The number of pyridine rings is 1. The van der Waals surface area contributed by atoms with Crippen LogP contribution in [-0.2, 0) is 0 Å². The molecule has 0 amide bonds. The molecule has 0 fully saturated rings. The summed E-state index contributed by atoms with van der Waals surface area (Å²) >= 11 is 0. The smallest absolute Gasteiger partial charge is 0.160 e. The van der Waals surface area contributed by atoms with E-state index in [0.717, 1.165) is 83.3 Å². The van der Waals surface area contributed by atoms with E-state index in [1.807, 2.05) is 12.1 Å². The summed E-state index contributed by atoms with van der Waals surface area (Å²) in [7, 11) is 0. The van der Waals surface area contributed by atoms with Crippen LogP contribution in [0.4, 0.5) is 0 Å². The molecule has 3 heteroatoms. The fraction of sp³-hybridized carbons (Fsp3) is 0. The Labute approximate surface area is 427 Å². The van der Waals surface area contributed by atoms with Gasteiger partial charge in [-0.15, -0.1) is 0 Å². The molecule has 0 unspecified atom stereocenters. The molecule has 15 aromatic rings. The molecule has 0 saturated heterocycles. The minimum atomic E-state index is 0.686. The van der Waals surface area contributed by atoms with Crippen molar-refractivity contribution in [2.45, 2.75) is 0 Å². The fourth-order valence-electron chi connectivity index (χ4n) is 11.7. The summed E-state index contributed by atoms with van der Waals surface area (Å²) in [6.45, 7) is 0. The molecule has 0 saturated carbocycles. The van der Waals surface area contributed by atoms with Crippen molar-refractivity contribution in [3.8, 4) is 67.4 Å². The van der Waals surface area contributed by atoms with E-state index >= 15 is 0 Å². The van der Waals surface area contributed by atoms with Crippen molar-refractivity contribution in [1.82, 2.24) is 15.0 Å². The van der Waals surface area contributed by atoms with Gasteiger partial charge in [0, 0.05) is 33.0 Å². The molecule has 0 aliphatic carbocycles. The standard InChI is InChI=1S/C71H43N3/c1-3-17-45(18-4-1)68-43-69(46-19-5-2-6-20-46)74-71(73-68)47-33-31-44(32-34-47)62-41-66-63(48-35-37-59-54-25-9-7-21-50(54)52-23-11-13-27-56(52)64(59)39-48)42-67(72-70(66)61-30-16-15-29-58(61)62)49-36-38-60-55-26-10-8-22-51(55)53-24-12-14-28-57(53)65(60)40-49/h1-43H. The van der Waals surface area contributed by atoms with Crippen molar-refractivity contribution in [2.24, 2.45) is 0 Å². The van der Waals surface area contributed by atoms with Crippen LogP contribution >= 0.6 is 0 Å². The minimum absolute atomic E-state index is 0.686. The Morgan fingerprint density at radius 3 is 1.03 bits per heavy atom. The van der Waals surface area contributed by atoms with Crippen LogP contribution in [-0.4, -0.2) is 15.0 Å². The topological polar surface area (TPSA) is 38.7 Å². The molecule has 0 atom stereocenters. The molecule has 0 radical (unpaired) electrons. The molecule has 0 aliphatic heterocycles. The van der Waals surface area contributed by atoms with Gasteiger partial charge in [0.15, 0.2) is 5.82 Å². The van der Waals surface area contributed by atoms with Gasteiger partial charge in [-0.05, 0) is 123 Å². The number of aromatic nitrogens is 3. The Kier molecular flexibility index (Phi) is 9.57. The molecule has 0 bridgehead atoms. The van der Waals surface area contributed by atoms with Gasteiger partial charge in [0.05, 0.1) is 22.6 Å². The maximum absolute atomic E-state index is 5.70. The quantitative estimate of drug-likeness (QED) is 0.156. The van der Waals surface area contributed by atoms with Gasteiger partial charge in [-0.2, -0.15) is 0 Å². The molecule has 0 spiro atoms. The van der Waals surface area contributed by atoms with Crippen molar-refractivity contribution < 1.29 is 0 Å². The molecule has 342 valence electrons. The van der Waals surface area contributed by atoms with Crippen molar-refractivity contribution >= 4 is 86.3 Å². The summed E-state index contributed by atoms with van der Waals surface area (Å²) in [6, 6.07) is 94.3. The van der Waals surface area contributed by atoms with Crippen molar-refractivity contribution in [2.75, 3.05) is 0 Å². The van der Waals surface area contributed by atoms with E-state index in [2.05, 4.69) is 249 Å². The maximum Gasteiger partial charge on any atom is 0.160 e. The lowest BCUT2D eigenvalue weighted by Crippen LogP contribution is -1.96. The van der Waals surface area contributed by atoms with Crippen molar-refractivity contribution in [1.29, 1.82) is 0 Å².